The van der Waals surface area contributed by atoms with Crippen molar-refractivity contribution >= 4 is 29.4 Å². The van der Waals surface area contributed by atoms with Gasteiger partial charge in [-0.05, 0) is 73.4 Å². The van der Waals surface area contributed by atoms with Gasteiger partial charge in [0.05, 0.1) is 13.2 Å². The van der Waals surface area contributed by atoms with Crippen molar-refractivity contribution < 1.29 is 28.6 Å². The number of benzene rings is 2. The van der Waals surface area contributed by atoms with Crippen LogP contribution >= 0.6 is 11.6 Å². The maximum atomic E-state index is 14.5. The van der Waals surface area contributed by atoms with E-state index in [1.807, 2.05) is 0 Å². The Bertz CT molecular complexity index is 897. The molecular weight excluding hydrogens is 425 g/mol. The summed E-state index contributed by atoms with van der Waals surface area (Å²) in [5.74, 6) is -0.826. The third-order valence-electron chi connectivity index (χ3n) is 5.37. The van der Waals surface area contributed by atoms with Crippen LogP contribution in [0.15, 0.2) is 42.5 Å². The Kier molecular flexibility index (Phi) is 8.26. The number of carboxylic acids is 1. The van der Waals surface area contributed by atoms with E-state index in [2.05, 4.69) is 5.32 Å². The summed E-state index contributed by atoms with van der Waals surface area (Å²) in [4.78, 5) is 22.6. The lowest BCUT2D eigenvalue weighted by Gasteiger charge is -2.27. The number of carbonyl (C=O) groups excluding carboxylic acids is 1. The Morgan fingerprint density at radius 3 is 2.29 bits per heavy atom. The molecule has 0 bridgehead atoms. The Morgan fingerprint density at radius 2 is 1.68 bits per heavy atom. The van der Waals surface area contributed by atoms with Crippen LogP contribution in [-0.4, -0.2) is 37.0 Å². The highest BCUT2D eigenvalue weighted by Gasteiger charge is 2.23. The Hall–Kier alpha value is -2.64. The molecule has 8 heteroatoms. The molecule has 2 N–H and O–H groups in total. The normalized spacial score (nSPS) is 18.4. The summed E-state index contributed by atoms with van der Waals surface area (Å²) < 4.78 is 24.9. The van der Waals surface area contributed by atoms with E-state index in [4.69, 9.17) is 26.2 Å². The average Bonchev–Trinajstić information content (AvgIpc) is 2.74. The van der Waals surface area contributed by atoms with Crippen LogP contribution < -0.4 is 5.32 Å². The van der Waals surface area contributed by atoms with Gasteiger partial charge in [0.25, 0.3) is 0 Å². The summed E-state index contributed by atoms with van der Waals surface area (Å²) >= 11 is 5.86. The molecule has 0 spiro atoms. The van der Waals surface area contributed by atoms with Crippen LogP contribution in [0.5, 0.6) is 0 Å². The fraction of sp³-hybridized carbons (Fsp3) is 0.391. The summed E-state index contributed by atoms with van der Waals surface area (Å²) in [6, 6.07) is 11.3. The van der Waals surface area contributed by atoms with E-state index in [1.165, 1.54) is 6.07 Å². The number of carbonyl (C=O) groups is 2. The lowest BCUT2D eigenvalue weighted by atomic mass is 9.83. The zero-order valence-corrected chi connectivity index (χ0v) is 17.7. The fourth-order valence-corrected chi connectivity index (χ4v) is 3.81. The van der Waals surface area contributed by atoms with Gasteiger partial charge in [-0.15, -0.1) is 0 Å². The topological polar surface area (TPSA) is 84.9 Å². The van der Waals surface area contributed by atoms with Crippen LogP contribution in [0.4, 0.5) is 14.9 Å². The predicted octanol–water partition coefficient (Wildman–Crippen LogP) is 5.60. The minimum atomic E-state index is -0.965. The van der Waals surface area contributed by atoms with Gasteiger partial charge in [0.2, 0.25) is 0 Å². The zero-order valence-electron chi connectivity index (χ0n) is 17.0. The first-order valence-electron chi connectivity index (χ1n) is 10.2. The Labute approximate surface area is 185 Å². The van der Waals surface area contributed by atoms with Crippen LogP contribution in [0.2, 0.25) is 5.02 Å². The number of carboxylic acid groups (broad SMARTS) is 1. The summed E-state index contributed by atoms with van der Waals surface area (Å²) in [7, 11) is 0. The molecule has 1 amide bonds. The first-order valence-corrected chi connectivity index (χ1v) is 10.6. The molecule has 166 valence electrons. The molecule has 0 saturated heterocycles. The van der Waals surface area contributed by atoms with Gasteiger partial charge in [0.15, 0.2) is 0 Å². The van der Waals surface area contributed by atoms with Crippen molar-refractivity contribution in [3.05, 3.63) is 53.3 Å². The van der Waals surface area contributed by atoms with Crippen LogP contribution in [0.25, 0.3) is 11.1 Å². The van der Waals surface area contributed by atoms with Crippen molar-refractivity contribution in [1.82, 2.24) is 0 Å². The largest absolute Gasteiger partial charge is 0.480 e. The van der Waals surface area contributed by atoms with Gasteiger partial charge < -0.3 is 14.6 Å². The second-order valence-corrected chi connectivity index (χ2v) is 8.16. The third-order valence-corrected chi connectivity index (χ3v) is 5.62. The maximum absolute atomic E-state index is 14.5. The molecule has 1 fully saturated rings. The number of rotatable bonds is 8. The molecule has 1 saturated carbocycles. The molecule has 31 heavy (non-hydrogen) atoms. The molecule has 0 unspecified atom stereocenters. The minimum absolute atomic E-state index is 0.255. The lowest BCUT2D eigenvalue weighted by molar-refractivity contribution is -0.142. The standard InChI is InChI=1S/C23H25ClFNO5/c24-18-7-5-17(6-8-18)20-10-9-19(11-21(20)25)26-23(29)31-13-16-3-1-15(2-4-16)12-30-14-22(27)28/h5-11,15-16H,1-4,12-14H2,(H,26,29)(H,27,28). The summed E-state index contributed by atoms with van der Waals surface area (Å²) in [6.45, 7) is 0.461. The van der Waals surface area contributed by atoms with E-state index >= 15 is 0 Å². The fourth-order valence-electron chi connectivity index (χ4n) is 3.68. The van der Waals surface area contributed by atoms with Crippen LogP contribution in [-0.2, 0) is 14.3 Å². The summed E-state index contributed by atoms with van der Waals surface area (Å²) in [5.41, 5.74) is 1.43. The van der Waals surface area contributed by atoms with Crippen molar-refractivity contribution in [3.8, 4) is 11.1 Å². The molecule has 1 aliphatic carbocycles. The number of ether oxygens (including phenoxy) is 2. The molecule has 0 atom stereocenters. The van der Waals surface area contributed by atoms with Gasteiger partial charge in [-0.25, -0.2) is 14.0 Å². The van der Waals surface area contributed by atoms with Gasteiger partial charge in [-0.2, -0.15) is 0 Å². The van der Waals surface area contributed by atoms with Crippen molar-refractivity contribution in [1.29, 1.82) is 0 Å². The highest BCUT2D eigenvalue weighted by atomic mass is 35.5. The number of aliphatic carboxylic acids is 1. The number of nitrogens with one attached hydrogen (secondary N) is 1. The van der Waals surface area contributed by atoms with Crippen molar-refractivity contribution in [2.75, 3.05) is 25.1 Å². The van der Waals surface area contributed by atoms with E-state index in [-0.39, 0.29) is 12.5 Å². The van der Waals surface area contributed by atoms with Crippen LogP contribution in [0.3, 0.4) is 0 Å². The molecule has 2 aromatic rings. The van der Waals surface area contributed by atoms with Crippen LogP contribution in [0, 0.1) is 17.7 Å². The molecule has 0 aromatic heterocycles. The second kappa shape index (κ2) is 11.1. The Balaban J connectivity index is 1.41. The molecule has 2 aromatic carbocycles. The number of halogens is 2. The van der Waals surface area contributed by atoms with Crippen molar-refractivity contribution in [2.45, 2.75) is 25.7 Å². The molecule has 0 aliphatic heterocycles. The first kappa shape index (κ1) is 23.0. The SMILES string of the molecule is O=C(O)COCC1CCC(COC(=O)Nc2ccc(-c3ccc(Cl)cc3)c(F)c2)CC1. The number of hydrogen-bond acceptors (Lipinski definition) is 4. The number of anilines is 1. The quantitative estimate of drug-likeness (QED) is 0.547. The monoisotopic (exact) mass is 449 g/mol. The molecular formula is C23H25ClFNO5. The van der Waals surface area contributed by atoms with Crippen molar-refractivity contribution in [3.63, 3.8) is 0 Å². The summed E-state index contributed by atoms with van der Waals surface area (Å²) in [6.07, 6.45) is 2.97. The lowest BCUT2D eigenvalue weighted by Crippen LogP contribution is -2.25. The smallest absolute Gasteiger partial charge is 0.411 e. The van der Waals surface area contributed by atoms with Crippen LogP contribution in [0.1, 0.15) is 25.7 Å². The zero-order chi connectivity index (χ0) is 22.2. The van der Waals surface area contributed by atoms with Gasteiger partial charge >= 0.3 is 12.1 Å². The maximum Gasteiger partial charge on any atom is 0.411 e. The van der Waals surface area contributed by atoms with E-state index in [0.29, 0.717) is 41.0 Å². The molecule has 0 radical (unpaired) electrons. The third kappa shape index (κ3) is 7.22. The first-order chi connectivity index (χ1) is 14.9. The molecule has 1 aliphatic rings. The van der Waals surface area contributed by atoms with Gasteiger partial charge in [0.1, 0.15) is 12.4 Å². The minimum Gasteiger partial charge on any atom is -0.480 e. The number of amides is 1. The van der Waals surface area contributed by atoms with E-state index in [9.17, 15) is 14.0 Å². The van der Waals surface area contributed by atoms with E-state index in [1.54, 1.807) is 36.4 Å². The van der Waals surface area contributed by atoms with E-state index in [0.717, 1.165) is 25.7 Å². The predicted molar refractivity (Wildman–Crippen MR) is 116 cm³/mol. The molecule has 6 nitrogen and oxygen atoms in total. The highest BCUT2D eigenvalue weighted by molar-refractivity contribution is 6.30. The molecule has 3 rings (SSSR count). The summed E-state index contributed by atoms with van der Waals surface area (Å²) in [5, 5.41) is 11.7. The average molecular weight is 450 g/mol. The van der Waals surface area contributed by atoms with Gasteiger partial charge in [-0.1, -0.05) is 23.7 Å². The van der Waals surface area contributed by atoms with Crippen molar-refractivity contribution in [2.24, 2.45) is 11.8 Å². The van der Waals surface area contributed by atoms with Gasteiger partial charge in [-0.3, -0.25) is 5.32 Å². The van der Waals surface area contributed by atoms with Gasteiger partial charge in [0, 0.05) is 16.3 Å². The second-order valence-electron chi connectivity index (χ2n) is 7.72. The van der Waals surface area contributed by atoms with E-state index < -0.39 is 17.9 Å². The molecule has 0 heterocycles. The number of hydrogen-bond donors (Lipinski definition) is 2. The highest BCUT2D eigenvalue weighted by Crippen LogP contribution is 2.30. The Morgan fingerprint density at radius 1 is 1.03 bits per heavy atom.